The van der Waals surface area contributed by atoms with Crippen molar-refractivity contribution in [3.63, 3.8) is 0 Å². The van der Waals surface area contributed by atoms with E-state index >= 15 is 0 Å². The third-order valence-electron chi connectivity index (χ3n) is 4.79. The summed E-state index contributed by atoms with van der Waals surface area (Å²) in [5.74, 6) is -0.225. The molecule has 1 heterocycles. The van der Waals surface area contributed by atoms with Crippen molar-refractivity contribution in [2.24, 2.45) is 0 Å². The number of anilines is 1. The van der Waals surface area contributed by atoms with Crippen LogP contribution in [0.1, 0.15) is 28.4 Å². The fourth-order valence-corrected chi connectivity index (χ4v) is 4.36. The van der Waals surface area contributed by atoms with E-state index < -0.39 is 0 Å². The number of fused-ring (bicyclic) bond motifs is 1. The molecule has 0 spiro atoms. The molecule has 4 aromatic rings. The molecule has 0 atom stereocenters. The Morgan fingerprint density at radius 3 is 2.47 bits per heavy atom. The van der Waals surface area contributed by atoms with Gasteiger partial charge in [-0.25, -0.2) is 4.98 Å². The van der Waals surface area contributed by atoms with E-state index in [0.29, 0.717) is 5.56 Å². The first-order chi connectivity index (χ1) is 14.5. The summed E-state index contributed by atoms with van der Waals surface area (Å²) in [6.07, 6.45) is 0.939. The summed E-state index contributed by atoms with van der Waals surface area (Å²) in [4.78, 5) is 17.1. The largest absolute Gasteiger partial charge is 0.332 e. The first-order valence-electron chi connectivity index (χ1n) is 9.71. The van der Waals surface area contributed by atoms with Crippen LogP contribution in [0.3, 0.4) is 0 Å². The lowest BCUT2D eigenvalue weighted by atomic mass is 10.1. The molecule has 0 aliphatic rings. The fourth-order valence-electron chi connectivity index (χ4n) is 3.08. The summed E-state index contributed by atoms with van der Waals surface area (Å²) in [6.45, 7) is 4.17. The molecule has 0 aliphatic heterocycles. The maximum atomic E-state index is 12.3. The smallest absolute Gasteiger partial charge is 0.257 e. The number of nitrogens with one attached hydrogen (secondary N) is 2. The van der Waals surface area contributed by atoms with Crippen LogP contribution in [0.5, 0.6) is 0 Å². The molecule has 0 saturated heterocycles. The minimum Gasteiger partial charge on any atom is -0.332 e. The van der Waals surface area contributed by atoms with E-state index in [1.54, 1.807) is 11.3 Å². The number of thiazole rings is 1. The monoisotopic (exact) mass is 431 g/mol. The summed E-state index contributed by atoms with van der Waals surface area (Å²) in [5.41, 5.74) is 5.87. The number of nitrogens with zero attached hydrogens (tertiary/aromatic N) is 1. The van der Waals surface area contributed by atoms with Gasteiger partial charge < -0.3 is 5.32 Å². The van der Waals surface area contributed by atoms with Gasteiger partial charge in [-0.05, 0) is 85.2 Å². The molecule has 2 N–H and O–H groups in total. The van der Waals surface area contributed by atoms with Crippen LogP contribution in [0.15, 0.2) is 66.7 Å². The normalized spacial score (nSPS) is 10.7. The third kappa shape index (κ3) is 4.56. The zero-order chi connectivity index (χ0) is 21.1. The van der Waals surface area contributed by atoms with Gasteiger partial charge in [-0.15, -0.1) is 11.3 Å². The molecule has 0 saturated carbocycles. The van der Waals surface area contributed by atoms with Crippen molar-refractivity contribution in [3.8, 4) is 10.6 Å². The van der Waals surface area contributed by atoms with Gasteiger partial charge in [-0.1, -0.05) is 25.1 Å². The SMILES string of the molecule is CCc1ccc(C(=O)NC(=S)Nc2ccc(-c3nc4ccc(C)cc4s3)cc2)cc1. The molecule has 3 aromatic carbocycles. The van der Waals surface area contributed by atoms with E-state index in [1.807, 2.05) is 48.5 Å². The van der Waals surface area contributed by atoms with Gasteiger partial charge in [-0.2, -0.15) is 0 Å². The van der Waals surface area contributed by atoms with Crippen molar-refractivity contribution in [3.05, 3.63) is 83.4 Å². The van der Waals surface area contributed by atoms with Crippen molar-refractivity contribution in [1.82, 2.24) is 10.3 Å². The predicted octanol–water partition coefficient (Wildman–Crippen LogP) is 5.96. The first kappa shape index (κ1) is 20.2. The van der Waals surface area contributed by atoms with E-state index in [0.717, 1.165) is 28.2 Å². The average molecular weight is 432 g/mol. The van der Waals surface area contributed by atoms with E-state index in [9.17, 15) is 4.79 Å². The minimum absolute atomic E-state index is 0.225. The van der Waals surface area contributed by atoms with Gasteiger partial charge >= 0.3 is 0 Å². The number of aromatic nitrogens is 1. The number of hydrogen-bond donors (Lipinski definition) is 2. The van der Waals surface area contributed by atoms with Crippen molar-refractivity contribution in [1.29, 1.82) is 0 Å². The number of thiocarbonyl (C=S) groups is 1. The standard InChI is InChI=1S/C24H21N3OS2/c1-3-16-5-7-17(8-6-16)22(28)27-24(29)25-19-11-9-18(10-12-19)23-26-20-13-4-15(2)14-21(20)30-23/h4-14H,3H2,1-2H3,(H2,25,27,28,29). The highest BCUT2D eigenvalue weighted by atomic mass is 32.1. The molecule has 150 valence electrons. The van der Waals surface area contributed by atoms with E-state index in [4.69, 9.17) is 17.2 Å². The van der Waals surface area contributed by atoms with Crippen LogP contribution in [-0.2, 0) is 6.42 Å². The number of carbonyl (C=O) groups excluding carboxylic acids is 1. The van der Waals surface area contributed by atoms with Gasteiger partial charge in [0.2, 0.25) is 0 Å². The predicted molar refractivity (Wildman–Crippen MR) is 129 cm³/mol. The number of amides is 1. The maximum Gasteiger partial charge on any atom is 0.257 e. The molecule has 0 bridgehead atoms. The van der Waals surface area contributed by atoms with Gasteiger partial charge in [0.05, 0.1) is 10.2 Å². The second-order valence-corrected chi connectivity index (χ2v) is 8.47. The second-order valence-electron chi connectivity index (χ2n) is 7.03. The number of aryl methyl sites for hydroxylation is 2. The van der Waals surface area contributed by atoms with Gasteiger partial charge in [-0.3, -0.25) is 10.1 Å². The topological polar surface area (TPSA) is 54.0 Å². The Kier molecular flexibility index (Phi) is 5.88. The Hall–Kier alpha value is -3.09. The molecule has 1 amide bonds. The molecule has 0 unspecified atom stereocenters. The van der Waals surface area contributed by atoms with Crippen LogP contribution in [0.2, 0.25) is 0 Å². The molecular formula is C24H21N3OS2. The van der Waals surface area contributed by atoms with Crippen LogP contribution >= 0.6 is 23.6 Å². The Morgan fingerprint density at radius 1 is 1.03 bits per heavy atom. The van der Waals surface area contributed by atoms with Crippen molar-refractivity contribution in [2.75, 3.05) is 5.32 Å². The quantitative estimate of drug-likeness (QED) is 0.391. The van der Waals surface area contributed by atoms with Crippen LogP contribution < -0.4 is 10.6 Å². The molecule has 1 aromatic heterocycles. The second kappa shape index (κ2) is 8.73. The summed E-state index contributed by atoms with van der Waals surface area (Å²) in [5, 5.41) is 7.03. The Bertz CT molecular complexity index is 1210. The number of rotatable bonds is 4. The van der Waals surface area contributed by atoms with E-state index in [-0.39, 0.29) is 11.0 Å². The highest BCUT2D eigenvalue weighted by Gasteiger charge is 2.09. The van der Waals surface area contributed by atoms with E-state index in [2.05, 4.69) is 42.7 Å². The molecule has 0 aliphatic carbocycles. The lowest BCUT2D eigenvalue weighted by molar-refractivity contribution is 0.0977. The maximum absolute atomic E-state index is 12.3. The van der Waals surface area contributed by atoms with Gasteiger partial charge in [0.15, 0.2) is 5.11 Å². The zero-order valence-corrected chi connectivity index (χ0v) is 18.4. The summed E-state index contributed by atoms with van der Waals surface area (Å²) in [6, 6.07) is 21.7. The minimum atomic E-state index is -0.225. The third-order valence-corrected chi connectivity index (χ3v) is 6.06. The van der Waals surface area contributed by atoms with Crippen molar-refractivity contribution in [2.45, 2.75) is 20.3 Å². The Morgan fingerprint density at radius 2 is 1.77 bits per heavy atom. The number of benzene rings is 3. The van der Waals surface area contributed by atoms with Gasteiger partial charge in [0.25, 0.3) is 5.91 Å². The number of hydrogen-bond acceptors (Lipinski definition) is 4. The molecular weight excluding hydrogens is 410 g/mol. The van der Waals surface area contributed by atoms with Crippen LogP contribution in [0.25, 0.3) is 20.8 Å². The molecule has 4 rings (SSSR count). The lowest BCUT2D eigenvalue weighted by Crippen LogP contribution is -2.34. The highest BCUT2D eigenvalue weighted by Crippen LogP contribution is 2.31. The first-order valence-corrected chi connectivity index (χ1v) is 10.9. The zero-order valence-electron chi connectivity index (χ0n) is 16.7. The molecule has 0 fully saturated rings. The number of carbonyl (C=O) groups is 1. The lowest BCUT2D eigenvalue weighted by Gasteiger charge is -2.10. The average Bonchev–Trinajstić information content (AvgIpc) is 3.17. The summed E-state index contributed by atoms with van der Waals surface area (Å²) in [7, 11) is 0. The molecule has 30 heavy (non-hydrogen) atoms. The Balaban J connectivity index is 1.40. The van der Waals surface area contributed by atoms with Gasteiger partial charge in [0.1, 0.15) is 5.01 Å². The van der Waals surface area contributed by atoms with Crippen molar-refractivity contribution < 1.29 is 4.79 Å². The Labute approximate surface area is 185 Å². The molecule has 0 radical (unpaired) electrons. The van der Waals surface area contributed by atoms with Crippen LogP contribution in [-0.4, -0.2) is 16.0 Å². The van der Waals surface area contributed by atoms with Crippen LogP contribution in [0, 0.1) is 6.92 Å². The summed E-state index contributed by atoms with van der Waals surface area (Å²) < 4.78 is 1.18. The van der Waals surface area contributed by atoms with Crippen LogP contribution in [0.4, 0.5) is 5.69 Å². The fraction of sp³-hybridized carbons (Fsp3) is 0.125. The summed E-state index contributed by atoms with van der Waals surface area (Å²) >= 11 is 6.97. The molecule has 6 heteroatoms. The highest BCUT2D eigenvalue weighted by molar-refractivity contribution is 7.80. The molecule has 4 nitrogen and oxygen atoms in total. The van der Waals surface area contributed by atoms with Gasteiger partial charge in [0, 0.05) is 16.8 Å². The van der Waals surface area contributed by atoms with Crippen molar-refractivity contribution >= 4 is 50.5 Å². The van der Waals surface area contributed by atoms with E-state index in [1.165, 1.54) is 15.8 Å².